The lowest BCUT2D eigenvalue weighted by molar-refractivity contribution is -0.118. The Morgan fingerprint density at radius 2 is 2.04 bits per heavy atom. The average molecular weight is 361 g/mol. The van der Waals surface area contributed by atoms with Crippen molar-refractivity contribution >= 4 is 29.3 Å². The quantitative estimate of drug-likeness (QED) is 0.807. The van der Waals surface area contributed by atoms with E-state index in [1.165, 1.54) is 11.1 Å². The predicted molar refractivity (Wildman–Crippen MR) is 97.5 cm³/mol. The molecular weight excluding hydrogens is 340 g/mol. The van der Waals surface area contributed by atoms with E-state index in [0.29, 0.717) is 18.9 Å². The van der Waals surface area contributed by atoms with E-state index in [9.17, 15) is 4.79 Å². The van der Waals surface area contributed by atoms with Gasteiger partial charge in [-0.15, -0.1) is 0 Å². The standard InChI is InChI=1S/C17H21ClN6O/c1-8-9(2)12(5-21-10(8)3)7-24-6-11(4-13(19)25)14-15(18)22-17(20)23-16(14)24/h5,11H,4,6-7H2,1-3H3,(H2,19,25)(H2,20,22,23)/t11-/m0/s1. The van der Waals surface area contributed by atoms with Gasteiger partial charge in [-0.25, -0.2) is 4.98 Å². The summed E-state index contributed by atoms with van der Waals surface area (Å²) < 4.78 is 0. The molecule has 0 aromatic carbocycles. The zero-order chi connectivity index (χ0) is 18.3. The van der Waals surface area contributed by atoms with Gasteiger partial charge in [-0.05, 0) is 37.5 Å². The number of aryl methyl sites for hydroxylation is 1. The van der Waals surface area contributed by atoms with Gasteiger partial charge in [0, 0.05) is 42.9 Å². The summed E-state index contributed by atoms with van der Waals surface area (Å²) in [5.41, 5.74) is 16.4. The number of fused-ring (bicyclic) bond motifs is 1. The van der Waals surface area contributed by atoms with Crippen LogP contribution < -0.4 is 16.4 Å². The topological polar surface area (TPSA) is 111 Å². The Bertz CT molecular complexity index is 854. The van der Waals surface area contributed by atoms with E-state index in [1.54, 1.807) is 0 Å². The highest BCUT2D eigenvalue weighted by Crippen LogP contribution is 2.41. The number of pyridine rings is 1. The first-order valence-electron chi connectivity index (χ1n) is 8.05. The monoisotopic (exact) mass is 360 g/mol. The summed E-state index contributed by atoms with van der Waals surface area (Å²) >= 11 is 6.28. The van der Waals surface area contributed by atoms with Gasteiger partial charge in [-0.3, -0.25) is 9.78 Å². The molecule has 1 aliphatic heterocycles. The van der Waals surface area contributed by atoms with Crippen LogP contribution in [0, 0.1) is 20.8 Å². The molecule has 1 aliphatic rings. The summed E-state index contributed by atoms with van der Waals surface area (Å²) in [6.07, 6.45) is 2.07. The second-order valence-electron chi connectivity index (χ2n) is 6.48. The van der Waals surface area contributed by atoms with Gasteiger partial charge in [0.15, 0.2) is 0 Å². The molecule has 0 radical (unpaired) electrons. The molecule has 0 saturated heterocycles. The summed E-state index contributed by atoms with van der Waals surface area (Å²) in [5, 5.41) is 0.284. The number of anilines is 2. The number of nitrogen functional groups attached to an aromatic ring is 1. The highest BCUT2D eigenvalue weighted by atomic mass is 35.5. The van der Waals surface area contributed by atoms with Gasteiger partial charge in [-0.2, -0.15) is 4.98 Å². The normalized spacial score (nSPS) is 16.2. The summed E-state index contributed by atoms with van der Waals surface area (Å²) in [5.74, 6) is 0.264. The first kappa shape index (κ1) is 17.4. The van der Waals surface area contributed by atoms with Crippen LogP contribution in [-0.2, 0) is 11.3 Å². The van der Waals surface area contributed by atoms with E-state index in [4.69, 9.17) is 23.1 Å². The number of hydrogen-bond acceptors (Lipinski definition) is 6. The molecule has 0 aliphatic carbocycles. The molecule has 8 heteroatoms. The van der Waals surface area contributed by atoms with Crippen molar-refractivity contribution in [1.82, 2.24) is 15.0 Å². The van der Waals surface area contributed by atoms with E-state index in [0.717, 1.165) is 16.8 Å². The third-order valence-electron chi connectivity index (χ3n) is 4.85. The minimum absolute atomic E-state index is 0.114. The molecular formula is C17H21ClN6O. The van der Waals surface area contributed by atoms with Crippen LogP contribution in [0.5, 0.6) is 0 Å². The zero-order valence-corrected chi connectivity index (χ0v) is 15.3. The summed E-state index contributed by atoms with van der Waals surface area (Å²) in [6, 6.07) is 0. The Balaban J connectivity index is 1.99. The highest BCUT2D eigenvalue weighted by molar-refractivity contribution is 6.30. The number of carbonyl (C=O) groups excluding carboxylic acids is 1. The Kier molecular flexibility index (Phi) is 4.51. The van der Waals surface area contributed by atoms with Crippen LogP contribution in [-0.4, -0.2) is 27.4 Å². The molecule has 1 atom stereocenters. The minimum atomic E-state index is -0.380. The van der Waals surface area contributed by atoms with Crippen molar-refractivity contribution in [2.24, 2.45) is 5.73 Å². The van der Waals surface area contributed by atoms with Gasteiger partial charge in [0.25, 0.3) is 0 Å². The van der Waals surface area contributed by atoms with Crippen molar-refractivity contribution in [3.63, 3.8) is 0 Å². The van der Waals surface area contributed by atoms with Gasteiger partial charge in [-0.1, -0.05) is 11.6 Å². The van der Waals surface area contributed by atoms with Gasteiger partial charge < -0.3 is 16.4 Å². The van der Waals surface area contributed by atoms with Gasteiger partial charge in [0.05, 0.1) is 0 Å². The molecule has 2 aromatic heterocycles. The molecule has 7 nitrogen and oxygen atoms in total. The predicted octanol–water partition coefficient (Wildman–Crippen LogP) is 2.01. The average Bonchev–Trinajstić information content (AvgIpc) is 2.85. The first-order chi connectivity index (χ1) is 11.8. The fourth-order valence-electron chi connectivity index (χ4n) is 3.28. The number of halogens is 1. The number of nitrogens with zero attached hydrogens (tertiary/aromatic N) is 4. The Morgan fingerprint density at radius 3 is 2.72 bits per heavy atom. The number of hydrogen-bond donors (Lipinski definition) is 2. The molecule has 132 valence electrons. The van der Waals surface area contributed by atoms with Crippen molar-refractivity contribution < 1.29 is 4.79 Å². The van der Waals surface area contributed by atoms with Crippen LogP contribution in [0.15, 0.2) is 6.20 Å². The molecule has 0 saturated carbocycles. The molecule has 25 heavy (non-hydrogen) atoms. The number of amides is 1. The van der Waals surface area contributed by atoms with E-state index in [1.807, 2.05) is 13.1 Å². The van der Waals surface area contributed by atoms with Gasteiger partial charge in [0.1, 0.15) is 11.0 Å². The number of rotatable bonds is 4. The molecule has 2 aromatic rings. The number of carbonyl (C=O) groups is 1. The van der Waals surface area contributed by atoms with E-state index in [2.05, 4.69) is 33.7 Å². The number of aromatic nitrogens is 3. The second kappa shape index (κ2) is 6.48. The lowest BCUT2D eigenvalue weighted by Gasteiger charge is -2.21. The van der Waals surface area contributed by atoms with Crippen LogP contribution in [0.1, 0.15) is 40.3 Å². The van der Waals surface area contributed by atoms with Crippen LogP contribution >= 0.6 is 11.6 Å². The Hall–Kier alpha value is -2.41. The maximum Gasteiger partial charge on any atom is 0.223 e. The molecule has 0 unspecified atom stereocenters. The summed E-state index contributed by atoms with van der Waals surface area (Å²) in [6.45, 7) is 7.33. The molecule has 3 rings (SSSR count). The SMILES string of the molecule is Cc1ncc(CN2C[C@H](CC(N)=O)c3c(Cl)nc(N)nc32)c(C)c1C. The molecule has 3 heterocycles. The van der Waals surface area contributed by atoms with Crippen molar-refractivity contribution in [2.75, 3.05) is 17.2 Å². The van der Waals surface area contributed by atoms with Gasteiger partial charge >= 0.3 is 0 Å². The second-order valence-corrected chi connectivity index (χ2v) is 6.83. The fraction of sp³-hybridized carbons (Fsp3) is 0.412. The van der Waals surface area contributed by atoms with Crippen molar-refractivity contribution in [2.45, 2.75) is 39.7 Å². The molecule has 4 N–H and O–H groups in total. The van der Waals surface area contributed by atoms with Crippen molar-refractivity contribution in [3.05, 3.63) is 39.3 Å². The minimum Gasteiger partial charge on any atom is -0.370 e. The van der Waals surface area contributed by atoms with Gasteiger partial charge in [0.2, 0.25) is 11.9 Å². The van der Waals surface area contributed by atoms with Crippen molar-refractivity contribution in [3.8, 4) is 0 Å². The van der Waals surface area contributed by atoms with E-state index in [-0.39, 0.29) is 29.3 Å². The molecule has 1 amide bonds. The van der Waals surface area contributed by atoms with E-state index < -0.39 is 0 Å². The third-order valence-corrected chi connectivity index (χ3v) is 5.14. The van der Waals surface area contributed by atoms with E-state index >= 15 is 0 Å². The summed E-state index contributed by atoms with van der Waals surface area (Å²) in [4.78, 5) is 26.3. The van der Waals surface area contributed by atoms with Crippen LogP contribution in [0.25, 0.3) is 0 Å². The molecule has 0 spiro atoms. The third kappa shape index (κ3) is 3.24. The van der Waals surface area contributed by atoms with Crippen LogP contribution in [0.4, 0.5) is 11.8 Å². The fourth-order valence-corrected chi connectivity index (χ4v) is 3.60. The number of primary amides is 1. The van der Waals surface area contributed by atoms with Crippen molar-refractivity contribution in [1.29, 1.82) is 0 Å². The maximum atomic E-state index is 11.4. The lowest BCUT2D eigenvalue weighted by Crippen LogP contribution is -2.24. The number of nitrogens with two attached hydrogens (primary N) is 2. The van der Waals surface area contributed by atoms with Crippen LogP contribution in [0.3, 0.4) is 0 Å². The zero-order valence-electron chi connectivity index (χ0n) is 14.5. The first-order valence-corrected chi connectivity index (χ1v) is 8.43. The van der Waals surface area contributed by atoms with Crippen LogP contribution in [0.2, 0.25) is 5.15 Å². The molecule has 0 fully saturated rings. The Labute approximate surface area is 151 Å². The smallest absolute Gasteiger partial charge is 0.223 e. The Morgan fingerprint density at radius 1 is 1.32 bits per heavy atom. The molecule has 0 bridgehead atoms. The lowest BCUT2D eigenvalue weighted by atomic mass is 10.0. The largest absolute Gasteiger partial charge is 0.370 e. The maximum absolute atomic E-state index is 11.4. The highest BCUT2D eigenvalue weighted by Gasteiger charge is 2.34. The summed E-state index contributed by atoms with van der Waals surface area (Å²) in [7, 11) is 0.